The van der Waals surface area contributed by atoms with Crippen LogP contribution in [-0.4, -0.2) is 59.2 Å². The molecule has 0 bridgehead atoms. The second-order valence-electron chi connectivity index (χ2n) is 8.73. The second-order valence-corrected chi connectivity index (χ2v) is 9.14. The Labute approximate surface area is 219 Å². The van der Waals surface area contributed by atoms with Crippen molar-refractivity contribution < 1.29 is 13.2 Å². The minimum absolute atomic E-state index is 0.284. The Balaban J connectivity index is 1.58. The summed E-state index contributed by atoms with van der Waals surface area (Å²) >= 11 is 6.33. The molecule has 0 unspecified atom stereocenters. The van der Waals surface area contributed by atoms with Gasteiger partial charge in [-0.2, -0.15) is 28.1 Å². The fourth-order valence-corrected chi connectivity index (χ4v) is 4.39. The van der Waals surface area contributed by atoms with Gasteiger partial charge in [0.25, 0.3) is 0 Å². The van der Waals surface area contributed by atoms with E-state index in [2.05, 4.69) is 48.8 Å². The summed E-state index contributed by atoms with van der Waals surface area (Å²) in [5.41, 5.74) is -0.249. The van der Waals surface area contributed by atoms with Crippen molar-refractivity contribution >= 4 is 41.0 Å². The van der Waals surface area contributed by atoms with Crippen molar-refractivity contribution in [2.75, 3.05) is 59.3 Å². The molecule has 12 heteroatoms. The van der Waals surface area contributed by atoms with Crippen LogP contribution in [-0.2, 0) is 6.18 Å². The van der Waals surface area contributed by atoms with E-state index in [1.54, 1.807) is 12.3 Å². The molecule has 37 heavy (non-hydrogen) atoms. The van der Waals surface area contributed by atoms with Crippen LogP contribution < -0.4 is 20.0 Å². The van der Waals surface area contributed by atoms with Crippen LogP contribution in [0, 0.1) is 0 Å². The van der Waals surface area contributed by atoms with Gasteiger partial charge in [-0.05, 0) is 49.2 Å². The quantitative estimate of drug-likeness (QED) is 0.378. The van der Waals surface area contributed by atoms with Crippen molar-refractivity contribution in [1.82, 2.24) is 19.9 Å². The van der Waals surface area contributed by atoms with Crippen molar-refractivity contribution in [2.24, 2.45) is 0 Å². The summed E-state index contributed by atoms with van der Waals surface area (Å²) < 4.78 is 38.9. The van der Waals surface area contributed by atoms with E-state index in [9.17, 15) is 13.2 Å². The summed E-state index contributed by atoms with van der Waals surface area (Å²) in [6, 6.07) is 8.44. The van der Waals surface area contributed by atoms with Gasteiger partial charge in [-0.15, -0.1) is 0 Å². The fourth-order valence-electron chi connectivity index (χ4n) is 4.14. The van der Waals surface area contributed by atoms with Crippen LogP contribution in [0.2, 0.25) is 5.02 Å². The van der Waals surface area contributed by atoms with Crippen LogP contribution in [0.25, 0.3) is 0 Å². The molecule has 4 rings (SSSR count). The molecule has 1 N–H and O–H groups in total. The van der Waals surface area contributed by atoms with Crippen molar-refractivity contribution in [1.29, 1.82) is 0 Å². The number of rotatable bonds is 9. The van der Waals surface area contributed by atoms with Gasteiger partial charge in [-0.25, -0.2) is 4.98 Å². The van der Waals surface area contributed by atoms with Crippen molar-refractivity contribution in [2.45, 2.75) is 32.9 Å². The van der Waals surface area contributed by atoms with Crippen molar-refractivity contribution in [3.8, 4) is 0 Å². The van der Waals surface area contributed by atoms with Gasteiger partial charge in [0.15, 0.2) is 0 Å². The number of piperazine rings is 1. The lowest BCUT2D eigenvalue weighted by atomic mass is 10.2. The van der Waals surface area contributed by atoms with Crippen LogP contribution >= 0.6 is 11.6 Å². The van der Waals surface area contributed by atoms with E-state index in [0.717, 1.165) is 43.9 Å². The highest BCUT2D eigenvalue weighted by Gasteiger charge is 2.30. The lowest BCUT2D eigenvalue weighted by Crippen LogP contribution is -2.47. The number of benzene rings is 1. The molecule has 0 atom stereocenters. The third kappa shape index (κ3) is 6.71. The van der Waals surface area contributed by atoms with Crippen LogP contribution in [0.5, 0.6) is 0 Å². The van der Waals surface area contributed by atoms with Gasteiger partial charge in [0, 0.05) is 51.2 Å². The molecule has 2 aromatic heterocycles. The van der Waals surface area contributed by atoms with E-state index in [-0.39, 0.29) is 5.95 Å². The molecular weight excluding hydrogens is 505 g/mol. The van der Waals surface area contributed by atoms with Crippen LogP contribution in [0.4, 0.5) is 42.5 Å². The predicted octanol–water partition coefficient (Wildman–Crippen LogP) is 5.64. The lowest BCUT2D eigenvalue weighted by molar-refractivity contribution is -0.137. The molecule has 198 valence electrons. The Morgan fingerprint density at radius 1 is 0.919 bits per heavy atom. The van der Waals surface area contributed by atoms with Crippen molar-refractivity contribution in [3.63, 3.8) is 0 Å². The average Bonchev–Trinajstić information content (AvgIpc) is 2.89. The Hall–Kier alpha value is -3.34. The number of nitrogens with zero attached hydrogens (tertiary/aromatic N) is 7. The van der Waals surface area contributed by atoms with E-state index in [0.29, 0.717) is 48.8 Å². The summed E-state index contributed by atoms with van der Waals surface area (Å²) in [6.07, 6.45) is -0.825. The zero-order chi connectivity index (χ0) is 26.4. The van der Waals surface area contributed by atoms with Gasteiger partial charge in [0.1, 0.15) is 5.82 Å². The number of anilines is 5. The van der Waals surface area contributed by atoms with Crippen LogP contribution in [0.1, 0.15) is 32.3 Å². The first kappa shape index (κ1) is 26.7. The molecule has 0 aliphatic carbocycles. The van der Waals surface area contributed by atoms with Crippen LogP contribution in [0.3, 0.4) is 0 Å². The fraction of sp³-hybridized carbons (Fsp3) is 0.440. The number of hydrogen-bond acceptors (Lipinski definition) is 8. The highest BCUT2D eigenvalue weighted by Crippen LogP contribution is 2.31. The maximum atomic E-state index is 13.0. The molecule has 1 saturated heterocycles. The Morgan fingerprint density at radius 3 is 2.16 bits per heavy atom. The van der Waals surface area contributed by atoms with Crippen molar-refractivity contribution in [3.05, 3.63) is 53.2 Å². The smallest absolute Gasteiger partial charge is 0.352 e. The minimum atomic E-state index is -4.39. The van der Waals surface area contributed by atoms with E-state index >= 15 is 0 Å². The zero-order valence-corrected chi connectivity index (χ0v) is 21.6. The SMILES string of the molecule is CCCN(CCC)c1nc(Nc2ccc(C(F)(F)F)cc2)nc(N2CCN(c3ncccc3Cl)CC2)n1. The molecule has 1 aliphatic rings. The molecule has 0 amide bonds. The monoisotopic (exact) mass is 534 g/mol. The maximum Gasteiger partial charge on any atom is 0.416 e. The van der Waals surface area contributed by atoms with Gasteiger partial charge < -0.3 is 20.0 Å². The topological polar surface area (TPSA) is 73.3 Å². The summed E-state index contributed by atoms with van der Waals surface area (Å²) in [4.78, 5) is 24.7. The van der Waals surface area contributed by atoms with Gasteiger partial charge >= 0.3 is 6.18 Å². The van der Waals surface area contributed by atoms with Crippen LogP contribution in [0.15, 0.2) is 42.6 Å². The zero-order valence-electron chi connectivity index (χ0n) is 20.8. The van der Waals surface area contributed by atoms with E-state index in [1.165, 1.54) is 12.1 Å². The predicted molar refractivity (Wildman–Crippen MR) is 141 cm³/mol. The van der Waals surface area contributed by atoms with Gasteiger partial charge in [-0.3, -0.25) is 0 Å². The number of pyridine rings is 1. The van der Waals surface area contributed by atoms with E-state index in [4.69, 9.17) is 16.6 Å². The van der Waals surface area contributed by atoms with Gasteiger partial charge in [0.05, 0.1) is 10.6 Å². The van der Waals surface area contributed by atoms with Gasteiger partial charge in [0.2, 0.25) is 17.8 Å². The molecule has 0 radical (unpaired) electrons. The number of halogens is 4. The number of hydrogen-bond donors (Lipinski definition) is 1. The molecule has 1 fully saturated rings. The molecule has 3 heterocycles. The molecule has 0 saturated carbocycles. The van der Waals surface area contributed by atoms with E-state index in [1.807, 2.05) is 6.07 Å². The first-order valence-corrected chi connectivity index (χ1v) is 12.7. The standard InChI is InChI=1S/C25H30ClF3N8/c1-3-12-36(13-4-2)23-32-22(31-19-9-7-18(8-10-19)25(27,28)29)33-24(34-23)37-16-14-35(15-17-37)21-20(26)6-5-11-30-21/h5-11H,3-4,12-17H2,1-2H3,(H,31,32,33,34). The highest BCUT2D eigenvalue weighted by molar-refractivity contribution is 6.32. The Bertz CT molecular complexity index is 1160. The normalized spacial score (nSPS) is 14.1. The third-order valence-electron chi connectivity index (χ3n) is 5.95. The summed E-state index contributed by atoms with van der Waals surface area (Å²) in [5, 5.41) is 3.67. The lowest BCUT2D eigenvalue weighted by Gasteiger charge is -2.36. The first-order chi connectivity index (χ1) is 17.8. The molecule has 8 nitrogen and oxygen atoms in total. The number of aromatic nitrogens is 4. The number of alkyl halides is 3. The Kier molecular flexibility index (Phi) is 8.52. The second kappa shape index (κ2) is 11.8. The molecule has 1 aliphatic heterocycles. The van der Waals surface area contributed by atoms with Gasteiger partial charge in [-0.1, -0.05) is 25.4 Å². The Morgan fingerprint density at radius 2 is 1.57 bits per heavy atom. The average molecular weight is 535 g/mol. The molecule has 1 aromatic carbocycles. The first-order valence-electron chi connectivity index (χ1n) is 12.3. The minimum Gasteiger partial charge on any atom is -0.352 e. The molecule has 3 aromatic rings. The summed E-state index contributed by atoms with van der Waals surface area (Å²) in [5.74, 6) is 2.09. The summed E-state index contributed by atoms with van der Waals surface area (Å²) in [7, 11) is 0. The number of nitrogens with one attached hydrogen (secondary N) is 1. The largest absolute Gasteiger partial charge is 0.416 e. The third-order valence-corrected chi connectivity index (χ3v) is 6.25. The molecular formula is C25H30ClF3N8. The molecule has 0 spiro atoms. The summed E-state index contributed by atoms with van der Waals surface area (Å²) in [6.45, 7) is 8.42. The van der Waals surface area contributed by atoms with E-state index < -0.39 is 11.7 Å². The maximum absolute atomic E-state index is 13.0. The highest BCUT2D eigenvalue weighted by atomic mass is 35.5.